The van der Waals surface area contributed by atoms with Crippen molar-refractivity contribution >= 4 is 17.9 Å². The van der Waals surface area contributed by atoms with Crippen molar-refractivity contribution in [3.05, 3.63) is 12.2 Å². The van der Waals surface area contributed by atoms with Crippen molar-refractivity contribution in [2.45, 2.75) is 113 Å². The Morgan fingerprint density at radius 3 is 1.13 bits per heavy atom. The second-order valence-electron chi connectivity index (χ2n) is 10.1. The molecule has 0 rings (SSSR count). The molecule has 0 aromatic rings. The van der Waals surface area contributed by atoms with Crippen LogP contribution in [-0.4, -0.2) is 23.0 Å². The van der Waals surface area contributed by atoms with Gasteiger partial charge in [0.2, 0.25) is 0 Å². The van der Waals surface area contributed by atoms with Gasteiger partial charge in [0.15, 0.2) is 0 Å². The summed E-state index contributed by atoms with van der Waals surface area (Å²) in [5, 5.41) is 28.0. The van der Waals surface area contributed by atoms with Crippen LogP contribution in [0.25, 0.3) is 0 Å². The molecule has 0 fully saturated rings. The number of carboxylic acid groups (broad SMARTS) is 3. The smallest absolute Gasteiger partial charge is 0.550 e. The molecule has 0 aliphatic rings. The van der Waals surface area contributed by atoms with Gasteiger partial charge in [0, 0.05) is 17.5 Å². The SMILES string of the molecule is C=C(C)C(=O)O.CC(C)(C)CCCCCC(=O)[O-].CC(C)(C)CCCCCC(=O)[O-].[Zn+2]. The molecule has 0 unspecified atom stereocenters. The fraction of sp³-hybridized carbons (Fsp3) is 0.792. The first-order valence-electron chi connectivity index (χ1n) is 10.8. The Hall–Kier alpha value is -1.23. The third-order valence-corrected chi connectivity index (χ3v) is 3.98. The Labute approximate surface area is 202 Å². The molecular weight excluding hydrogens is 450 g/mol. The van der Waals surface area contributed by atoms with Crippen molar-refractivity contribution < 1.29 is 49.2 Å². The first-order chi connectivity index (χ1) is 13.5. The van der Waals surface area contributed by atoms with Crippen LogP contribution in [0.3, 0.4) is 0 Å². The standard InChI is InChI=1S/2C10H20O2.C4H6O2.Zn/c2*1-10(2,3)8-6-4-5-7-9(11)12;1-3(2)4(5)6;/h2*4-8H2,1-3H3,(H,11,12);1H2,2H3,(H,5,6);/q;;;+2/p-2. The minimum Gasteiger partial charge on any atom is -0.550 e. The van der Waals surface area contributed by atoms with E-state index in [0.717, 1.165) is 38.5 Å². The average Bonchev–Trinajstić information content (AvgIpc) is 2.52. The minimum absolute atomic E-state index is 0. The molecule has 7 heteroatoms. The van der Waals surface area contributed by atoms with E-state index in [0.29, 0.717) is 10.8 Å². The van der Waals surface area contributed by atoms with Gasteiger partial charge in [-0.2, -0.15) is 0 Å². The molecule has 0 saturated heterocycles. The van der Waals surface area contributed by atoms with Crippen LogP contribution in [0, 0.1) is 10.8 Å². The Bertz CT molecular complexity index is 455. The van der Waals surface area contributed by atoms with E-state index >= 15 is 0 Å². The van der Waals surface area contributed by atoms with Crippen molar-refractivity contribution in [1.82, 2.24) is 0 Å². The van der Waals surface area contributed by atoms with Crippen LogP contribution in [0.15, 0.2) is 12.2 Å². The van der Waals surface area contributed by atoms with Gasteiger partial charge in [-0.15, -0.1) is 0 Å². The normalized spacial score (nSPS) is 10.4. The Balaban J connectivity index is -0.000000183. The van der Waals surface area contributed by atoms with E-state index in [-0.39, 0.29) is 37.9 Å². The molecule has 0 atom stereocenters. The van der Waals surface area contributed by atoms with Crippen LogP contribution >= 0.6 is 0 Å². The van der Waals surface area contributed by atoms with Crippen LogP contribution in [-0.2, 0) is 33.9 Å². The Kier molecular flexibility index (Phi) is 24.7. The predicted molar refractivity (Wildman–Crippen MR) is 118 cm³/mol. The summed E-state index contributed by atoms with van der Waals surface area (Å²) in [7, 11) is 0. The van der Waals surface area contributed by atoms with E-state index in [1.807, 2.05) is 0 Å². The monoisotopic (exact) mass is 492 g/mol. The zero-order chi connectivity index (χ0) is 24.4. The maximum absolute atomic E-state index is 10.0. The van der Waals surface area contributed by atoms with Gasteiger partial charge in [0.05, 0.1) is 0 Å². The van der Waals surface area contributed by atoms with Gasteiger partial charge in [-0.05, 0) is 56.3 Å². The van der Waals surface area contributed by atoms with E-state index in [4.69, 9.17) is 5.11 Å². The molecule has 0 heterocycles. The van der Waals surface area contributed by atoms with Crippen LogP contribution < -0.4 is 10.2 Å². The van der Waals surface area contributed by atoms with Crippen LogP contribution in [0.2, 0.25) is 0 Å². The summed E-state index contributed by atoms with van der Waals surface area (Å²) < 4.78 is 0. The molecule has 0 radical (unpaired) electrons. The predicted octanol–water partition coefficient (Wildman–Crippen LogP) is 4.11. The number of carbonyl (C=O) groups is 3. The second-order valence-corrected chi connectivity index (χ2v) is 10.1. The van der Waals surface area contributed by atoms with Gasteiger partial charge in [-0.1, -0.05) is 73.8 Å². The van der Waals surface area contributed by atoms with Crippen LogP contribution in [0.5, 0.6) is 0 Å². The van der Waals surface area contributed by atoms with Gasteiger partial charge in [-0.3, -0.25) is 0 Å². The molecule has 31 heavy (non-hydrogen) atoms. The maximum atomic E-state index is 10.0. The van der Waals surface area contributed by atoms with Gasteiger partial charge in [0.1, 0.15) is 0 Å². The molecular formula is C24H44O6Zn. The number of unbranched alkanes of at least 4 members (excludes halogenated alkanes) is 4. The molecule has 1 N–H and O–H groups in total. The largest absolute Gasteiger partial charge is 2.00 e. The minimum atomic E-state index is -0.935. The molecule has 6 nitrogen and oxygen atoms in total. The van der Waals surface area contributed by atoms with Crippen molar-refractivity contribution in [3.63, 3.8) is 0 Å². The summed E-state index contributed by atoms with van der Waals surface area (Å²) in [6.07, 6.45) is 8.54. The summed E-state index contributed by atoms with van der Waals surface area (Å²) in [5.41, 5.74) is 0.929. The van der Waals surface area contributed by atoms with Crippen molar-refractivity contribution in [2.24, 2.45) is 10.8 Å². The maximum Gasteiger partial charge on any atom is 2.00 e. The van der Waals surface area contributed by atoms with Crippen molar-refractivity contribution in [1.29, 1.82) is 0 Å². The summed E-state index contributed by atoms with van der Waals surface area (Å²) in [5.74, 6) is -2.79. The quantitative estimate of drug-likeness (QED) is 0.263. The van der Waals surface area contributed by atoms with E-state index < -0.39 is 17.9 Å². The molecule has 0 aromatic carbocycles. The molecule has 0 saturated carbocycles. The molecule has 178 valence electrons. The number of aliphatic carboxylic acids is 3. The van der Waals surface area contributed by atoms with Crippen molar-refractivity contribution in [3.8, 4) is 0 Å². The first kappa shape index (κ1) is 37.1. The van der Waals surface area contributed by atoms with Gasteiger partial charge < -0.3 is 24.9 Å². The summed E-state index contributed by atoms with van der Waals surface area (Å²) in [4.78, 5) is 29.7. The summed E-state index contributed by atoms with van der Waals surface area (Å²) in [6, 6.07) is 0. The number of carboxylic acids is 3. The number of rotatable bonds is 11. The number of hydrogen-bond donors (Lipinski definition) is 1. The molecule has 0 bridgehead atoms. The van der Waals surface area contributed by atoms with Gasteiger partial charge >= 0.3 is 25.4 Å². The zero-order valence-corrected chi connectivity index (χ0v) is 23.9. The number of carbonyl (C=O) groups excluding carboxylic acids is 2. The number of hydrogen-bond acceptors (Lipinski definition) is 5. The summed E-state index contributed by atoms with van der Waals surface area (Å²) >= 11 is 0. The third-order valence-electron chi connectivity index (χ3n) is 3.98. The average molecular weight is 494 g/mol. The van der Waals surface area contributed by atoms with E-state index in [9.17, 15) is 24.6 Å². The molecule has 0 spiro atoms. The Morgan fingerprint density at radius 2 is 0.968 bits per heavy atom. The third kappa shape index (κ3) is 47.8. The fourth-order valence-corrected chi connectivity index (χ4v) is 2.20. The topological polar surface area (TPSA) is 118 Å². The van der Waals surface area contributed by atoms with E-state index in [1.165, 1.54) is 19.8 Å². The zero-order valence-electron chi connectivity index (χ0n) is 21.0. The van der Waals surface area contributed by atoms with E-state index in [1.54, 1.807) is 0 Å². The molecule has 0 aliphatic carbocycles. The fourth-order valence-electron chi connectivity index (χ4n) is 2.20. The second kappa shape index (κ2) is 20.7. The van der Waals surface area contributed by atoms with Crippen molar-refractivity contribution in [2.75, 3.05) is 0 Å². The van der Waals surface area contributed by atoms with Gasteiger partial charge in [0.25, 0.3) is 0 Å². The van der Waals surface area contributed by atoms with E-state index in [2.05, 4.69) is 48.1 Å². The first-order valence-corrected chi connectivity index (χ1v) is 10.8. The molecule has 0 amide bonds. The Morgan fingerprint density at radius 1 is 0.710 bits per heavy atom. The van der Waals surface area contributed by atoms with Gasteiger partial charge in [-0.25, -0.2) is 4.79 Å². The van der Waals surface area contributed by atoms with Crippen LogP contribution in [0.1, 0.15) is 113 Å². The molecule has 0 aliphatic heterocycles. The molecule has 0 aromatic heterocycles. The van der Waals surface area contributed by atoms with Crippen LogP contribution in [0.4, 0.5) is 0 Å². The summed E-state index contributed by atoms with van der Waals surface area (Å²) in [6.45, 7) is 17.8.